The van der Waals surface area contributed by atoms with E-state index in [1.807, 2.05) is 6.92 Å². The lowest BCUT2D eigenvalue weighted by molar-refractivity contribution is 0.101. The van der Waals surface area contributed by atoms with Crippen LogP contribution in [0.1, 0.15) is 34.2 Å². The van der Waals surface area contributed by atoms with E-state index in [1.54, 1.807) is 13.0 Å². The molecule has 0 saturated heterocycles. The van der Waals surface area contributed by atoms with Crippen molar-refractivity contribution in [3.8, 4) is 5.75 Å². The Morgan fingerprint density at radius 2 is 2.05 bits per heavy atom. The van der Waals surface area contributed by atoms with Crippen LogP contribution in [-0.4, -0.2) is 10.9 Å². The predicted molar refractivity (Wildman–Crippen MR) is 82.9 cm³/mol. The van der Waals surface area contributed by atoms with Crippen LogP contribution in [0.2, 0.25) is 0 Å². The summed E-state index contributed by atoms with van der Waals surface area (Å²) in [5, 5.41) is 10.2. The summed E-state index contributed by atoms with van der Waals surface area (Å²) in [6, 6.07) is 1.70. The molecule has 0 spiro atoms. The van der Waals surface area contributed by atoms with E-state index in [9.17, 15) is 14.7 Å². The number of aryl methyl sites for hydroxylation is 2. The van der Waals surface area contributed by atoms with Crippen molar-refractivity contribution in [2.75, 3.05) is 0 Å². The van der Waals surface area contributed by atoms with Crippen LogP contribution in [0.25, 0.3) is 17.0 Å². The summed E-state index contributed by atoms with van der Waals surface area (Å²) >= 11 is 0. The number of fused-ring (bicyclic) bond motifs is 1. The summed E-state index contributed by atoms with van der Waals surface area (Å²) in [7, 11) is 0. The van der Waals surface area contributed by atoms with Gasteiger partial charge in [-0.1, -0.05) is 18.7 Å². The quantitative estimate of drug-likeness (QED) is 0.691. The van der Waals surface area contributed by atoms with Crippen molar-refractivity contribution in [2.45, 2.75) is 20.8 Å². The molecule has 4 heteroatoms. The van der Waals surface area contributed by atoms with Gasteiger partial charge in [-0.2, -0.15) is 0 Å². The fourth-order valence-electron chi connectivity index (χ4n) is 2.19. The van der Waals surface area contributed by atoms with E-state index in [0.717, 1.165) is 5.56 Å². The molecule has 2 aromatic rings. The molecule has 1 heterocycles. The van der Waals surface area contributed by atoms with Gasteiger partial charge in [-0.15, -0.1) is 0 Å². The molecule has 0 aliphatic heterocycles. The molecule has 4 nitrogen and oxygen atoms in total. The zero-order valence-electron chi connectivity index (χ0n) is 12.2. The minimum absolute atomic E-state index is 0.0122. The van der Waals surface area contributed by atoms with E-state index < -0.39 is 11.2 Å². The van der Waals surface area contributed by atoms with Crippen molar-refractivity contribution in [2.24, 2.45) is 0 Å². The van der Waals surface area contributed by atoms with Gasteiger partial charge in [-0.25, -0.2) is 0 Å². The zero-order chi connectivity index (χ0) is 15.7. The number of hydrogen-bond acceptors (Lipinski definition) is 4. The molecule has 0 atom stereocenters. The van der Waals surface area contributed by atoms with E-state index in [-0.39, 0.29) is 22.5 Å². The Labute approximate surface area is 122 Å². The molecular formula is C17H16O4. The van der Waals surface area contributed by atoms with Gasteiger partial charge < -0.3 is 9.52 Å². The zero-order valence-corrected chi connectivity index (χ0v) is 12.2. The van der Waals surface area contributed by atoms with E-state index in [2.05, 4.69) is 6.58 Å². The van der Waals surface area contributed by atoms with E-state index in [0.29, 0.717) is 11.1 Å². The molecule has 1 N–H and O–H groups in total. The van der Waals surface area contributed by atoms with Gasteiger partial charge in [0.1, 0.15) is 5.58 Å². The summed E-state index contributed by atoms with van der Waals surface area (Å²) in [5.74, 6) is -0.655. The van der Waals surface area contributed by atoms with Crippen LogP contribution >= 0.6 is 0 Å². The molecule has 0 aliphatic rings. The van der Waals surface area contributed by atoms with Gasteiger partial charge in [0.2, 0.25) is 11.2 Å². The Hall–Kier alpha value is -2.62. The van der Waals surface area contributed by atoms with Gasteiger partial charge in [0.25, 0.3) is 0 Å². The van der Waals surface area contributed by atoms with E-state index in [4.69, 9.17) is 4.42 Å². The van der Waals surface area contributed by atoms with E-state index >= 15 is 0 Å². The standard InChI is InChI=1S/C17H16O4/c1-5-6-7-13-15(19)16(20)14-10(3)9(2)8-12(11(4)18)17(14)21-13/h5-8,19H,1H2,2-4H3/b7-6+. The Morgan fingerprint density at radius 3 is 2.62 bits per heavy atom. The SMILES string of the molecule is C=C/C=C/c1oc2c(C(C)=O)cc(C)c(C)c2c(=O)c1O. The lowest BCUT2D eigenvalue weighted by Crippen LogP contribution is -2.08. The van der Waals surface area contributed by atoms with Crippen molar-refractivity contribution in [1.82, 2.24) is 0 Å². The van der Waals surface area contributed by atoms with Crippen molar-refractivity contribution in [3.63, 3.8) is 0 Å². The molecule has 0 amide bonds. The largest absolute Gasteiger partial charge is 0.502 e. The first-order chi connectivity index (χ1) is 9.88. The third-order valence-corrected chi connectivity index (χ3v) is 3.45. The second-order valence-electron chi connectivity index (χ2n) is 4.87. The predicted octanol–water partition coefficient (Wildman–Crippen LogP) is 3.52. The summed E-state index contributed by atoms with van der Waals surface area (Å²) in [6.07, 6.45) is 4.47. The minimum Gasteiger partial charge on any atom is -0.502 e. The van der Waals surface area contributed by atoms with Crippen LogP contribution in [0.5, 0.6) is 5.75 Å². The summed E-state index contributed by atoms with van der Waals surface area (Å²) in [5.41, 5.74) is 1.49. The molecule has 0 saturated carbocycles. The van der Waals surface area contributed by atoms with Gasteiger partial charge in [0.15, 0.2) is 11.5 Å². The molecule has 0 unspecified atom stereocenters. The third-order valence-electron chi connectivity index (χ3n) is 3.45. The Balaban J connectivity index is 3.03. The second-order valence-corrected chi connectivity index (χ2v) is 4.87. The number of Topliss-reactive ketones (excluding diaryl/α,β-unsaturated/α-hetero) is 1. The molecule has 0 fully saturated rings. The van der Waals surface area contributed by atoms with Crippen LogP contribution < -0.4 is 5.43 Å². The van der Waals surface area contributed by atoms with Crippen molar-refractivity contribution in [1.29, 1.82) is 0 Å². The number of rotatable bonds is 3. The smallest absolute Gasteiger partial charge is 0.235 e. The highest BCUT2D eigenvalue weighted by Crippen LogP contribution is 2.28. The van der Waals surface area contributed by atoms with Gasteiger partial charge in [-0.3, -0.25) is 9.59 Å². The number of allylic oxidation sites excluding steroid dienone is 2. The van der Waals surface area contributed by atoms with Crippen molar-refractivity contribution >= 4 is 22.8 Å². The topological polar surface area (TPSA) is 67.5 Å². The molecule has 2 rings (SSSR count). The summed E-state index contributed by atoms with van der Waals surface area (Å²) in [6.45, 7) is 8.50. The molecule has 21 heavy (non-hydrogen) atoms. The average Bonchev–Trinajstić information content (AvgIpc) is 2.44. The van der Waals surface area contributed by atoms with Crippen LogP contribution in [0.3, 0.4) is 0 Å². The number of benzene rings is 1. The average molecular weight is 284 g/mol. The fraction of sp³-hybridized carbons (Fsp3) is 0.176. The molecule has 0 bridgehead atoms. The van der Waals surface area contributed by atoms with Gasteiger partial charge in [-0.05, 0) is 44.0 Å². The molecule has 1 aromatic carbocycles. The fourth-order valence-corrected chi connectivity index (χ4v) is 2.19. The van der Waals surface area contributed by atoms with Crippen molar-refractivity contribution < 1.29 is 14.3 Å². The Bertz CT molecular complexity index is 838. The van der Waals surface area contributed by atoms with Crippen LogP contribution in [0, 0.1) is 13.8 Å². The Kier molecular flexibility index (Phi) is 3.80. The van der Waals surface area contributed by atoms with Gasteiger partial charge >= 0.3 is 0 Å². The first-order valence-corrected chi connectivity index (χ1v) is 6.48. The maximum Gasteiger partial charge on any atom is 0.235 e. The van der Waals surface area contributed by atoms with E-state index in [1.165, 1.54) is 25.2 Å². The lowest BCUT2D eigenvalue weighted by Gasteiger charge is -2.10. The highest BCUT2D eigenvalue weighted by atomic mass is 16.4. The van der Waals surface area contributed by atoms with Crippen LogP contribution in [-0.2, 0) is 0 Å². The molecule has 1 aromatic heterocycles. The third kappa shape index (κ3) is 2.40. The molecule has 0 radical (unpaired) electrons. The maximum atomic E-state index is 12.4. The Morgan fingerprint density at radius 1 is 1.38 bits per heavy atom. The maximum absolute atomic E-state index is 12.4. The van der Waals surface area contributed by atoms with Gasteiger partial charge in [0.05, 0.1) is 10.9 Å². The number of carbonyl (C=O) groups is 1. The summed E-state index contributed by atoms with van der Waals surface area (Å²) < 4.78 is 5.60. The van der Waals surface area contributed by atoms with Crippen LogP contribution in [0.4, 0.5) is 0 Å². The molecule has 108 valence electrons. The van der Waals surface area contributed by atoms with Gasteiger partial charge in [0, 0.05) is 0 Å². The highest BCUT2D eigenvalue weighted by Gasteiger charge is 2.19. The monoisotopic (exact) mass is 284 g/mol. The first kappa shape index (κ1) is 14.8. The van der Waals surface area contributed by atoms with Crippen molar-refractivity contribution in [3.05, 3.63) is 57.5 Å². The van der Waals surface area contributed by atoms with Crippen LogP contribution in [0.15, 0.2) is 34.0 Å². The second kappa shape index (κ2) is 5.40. The molecule has 0 aliphatic carbocycles. The number of ketones is 1. The number of carbonyl (C=O) groups excluding carboxylic acids is 1. The number of hydrogen-bond donors (Lipinski definition) is 1. The molecular weight excluding hydrogens is 268 g/mol. The lowest BCUT2D eigenvalue weighted by atomic mass is 9.98. The normalized spacial score (nSPS) is 11.2. The summed E-state index contributed by atoms with van der Waals surface area (Å²) in [4.78, 5) is 24.2. The number of aromatic hydroxyl groups is 1. The first-order valence-electron chi connectivity index (χ1n) is 6.48. The minimum atomic E-state index is -0.538. The highest BCUT2D eigenvalue weighted by molar-refractivity contribution is 6.06.